The first-order chi connectivity index (χ1) is 14.8. The van der Waals surface area contributed by atoms with Crippen LogP contribution in [0.1, 0.15) is 35.4 Å². The Morgan fingerprint density at radius 3 is 2.68 bits per heavy atom. The third kappa shape index (κ3) is 4.87. The number of sulfonamides is 1. The molecule has 10 heteroatoms. The van der Waals surface area contributed by atoms with Crippen LogP contribution >= 0.6 is 23.2 Å². The minimum absolute atomic E-state index is 0.0165. The number of nitrogens with zero attached hydrogens (tertiary/aromatic N) is 2. The Kier molecular flexibility index (Phi) is 6.25. The van der Waals surface area contributed by atoms with Gasteiger partial charge in [0.15, 0.2) is 0 Å². The predicted octanol–water partition coefficient (Wildman–Crippen LogP) is 3.91. The van der Waals surface area contributed by atoms with Crippen LogP contribution in [0.3, 0.4) is 0 Å². The molecule has 2 aromatic carbocycles. The van der Waals surface area contributed by atoms with Crippen LogP contribution in [0, 0.1) is 6.92 Å². The van der Waals surface area contributed by atoms with Gasteiger partial charge in [0.05, 0.1) is 26.6 Å². The van der Waals surface area contributed by atoms with Crippen molar-refractivity contribution >= 4 is 50.2 Å². The highest BCUT2D eigenvalue weighted by Crippen LogP contribution is 2.30. The summed E-state index contributed by atoms with van der Waals surface area (Å²) in [6, 6.07) is 10.3. The second-order valence-electron chi connectivity index (χ2n) is 7.57. The molecule has 0 spiro atoms. The maximum absolute atomic E-state index is 12.7. The van der Waals surface area contributed by atoms with Crippen molar-refractivity contribution in [1.29, 1.82) is 0 Å². The summed E-state index contributed by atoms with van der Waals surface area (Å²) in [7, 11) is -3.81. The molecule has 0 saturated heterocycles. The zero-order valence-electron chi connectivity index (χ0n) is 16.9. The minimum Gasteiger partial charge on any atom is -0.352 e. The van der Waals surface area contributed by atoms with Crippen LogP contribution in [0.5, 0.6) is 0 Å². The molecule has 1 aliphatic rings. The lowest BCUT2D eigenvalue weighted by Gasteiger charge is -2.12. The molecule has 0 bridgehead atoms. The summed E-state index contributed by atoms with van der Waals surface area (Å²) < 4.78 is 29.7. The number of aryl methyl sites for hydroxylation is 2. The molecule has 1 aliphatic carbocycles. The molecule has 7 nitrogen and oxygen atoms in total. The number of benzene rings is 2. The zero-order valence-corrected chi connectivity index (χ0v) is 19.2. The Labute approximate surface area is 190 Å². The van der Waals surface area contributed by atoms with Gasteiger partial charge in [0.2, 0.25) is 10.0 Å². The Morgan fingerprint density at radius 1 is 1.19 bits per heavy atom. The van der Waals surface area contributed by atoms with Crippen molar-refractivity contribution in [2.45, 2.75) is 43.7 Å². The van der Waals surface area contributed by atoms with Gasteiger partial charge in [0, 0.05) is 19.1 Å². The Hall–Kier alpha value is -2.13. The molecule has 1 aromatic heterocycles. The molecule has 1 heterocycles. The first-order valence-electron chi connectivity index (χ1n) is 9.98. The number of imidazole rings is 1. The number of amides is 1. The number of carbonyl (C=O) groups is 1. The van der Waals surface area contributed by atoms with E-state index in [-0.39, 0.29) is 26.5 Å². The fraction of sp³-hybridized carbons (Fsp3) is 0.333. The van der Waals surface area contributed by atoms with E-state index in [1.807, 2.05) is 31.2 Å². The fourth-order valence-electron chi connectivity index (χ4n) is 3.41. The number of para-hydroxylation sites is 2. The third-order valence-electron chi connectivity index (χ3n) is 5.14. The van der Waals surface area contributed by atoms with E-state index in [1.165, 1.54) is 12.1 Å². The van der Waals surface area contributed by atoms with E-state index < -0.39 is 15.9 Å². The molecule has 4 rings (SSSR count). The van der Waals surface area contributed by atoms with E-state index in [0.29, 0.717) is 19.5 Å². The maximum atomic E-state index is 12.7. The van der Waals surface area contributed by atoms with Crippen molar-refractivity contribution in [1.82, 2.24) is 19.6 Å². The second kappa shape index (κ2) is 8.78. The van der Waals surface area contributed by atoms with Gasteiger partial charge in [-0.3, -0.25) is 4.79 Å². The van der Waals surface area contributed by atoms with Crippen LogP contribution in [-0.2, 0) is 16.6 Å². The van der Waals surface area contributed by atoms with Gasteiger partial charge in [-0.25, -0.2) is 18.1 Å². The SMILES string of the molecule is Cc1nc2ccccc2n1CCCNC(=O)c1cc(S(=O)(=O)NC2CC2)c(Cl)cc1Cl. The highest BCUT2D eigenvalue weighted by atomic mass is 35.5. The number of nitrogens with one attached hydrogen (secondary N) is 2. The molecule has 31 heavy (non-hydrogen) atoms. The summed E-state index contributed by atoms with van der Waals surface area (Å²) in [6.07, 6.45) is 2.26. The molecule has 1 saturated carbocycles. The lowest BCUT2D eigenvalue weighted by atomic mass is 10.2. The van der Waals surface area contributed by atoms with Crippen molar-refractivity contribution in [3.63, 3.8) is 0 Å². The molecule has 164 valence electrons. The van der Waals surface area contributed by atoms with Crippen LogP contribution in [0.15, 0.2) is 41.3 Å². The lowest BCUT2D eigenvalue weighted by Crippen LogP contribution is -2.28. The van der Waals surface area contributed by atoms with Crippen molar-refractivity contribution in [3.8, 4) is 0 Å². The molecule has 2 N–H and O–H groups in total. The zero-order chi connectivity index (χ0) is 22.2. The number of aromatic nitrogens is 2. The molecular formula is C21H22Cl2N4O3S. The molecule has 1 amide bonds. The third-order valence-corrected chi connectivity index (χ3v) is 7.44. The predicted molar refractivity (Wildman–Crippen MR) is 121 cm³/mol. The number of rotatable bonds is 8. The minimum atomic E-state index is -3.81. The Balaban J connectivity index is 1.42. The number of carbonyl (C=O) groups excluding carboxylic acids is 1. The molecule has 0 radical (unpaired) electrons. The number of hydrogen-bond donors (Lipinski definition) is 2. The molecule has 3 aromatic rings. The Bertz CT molecular complexity index is 1250. The van der Waals surface area contributed by atoms with Crippen LogP contribution in [0.25, 0.3) is 11.0 Å². The van der Waals surface area contributed by atoms with E-state index in [2.05, 4.69) is 19.6 Å². The van der Waals surface area contributed by atoms with Crippen LogP contribution in [0.2, 0.25) is 10.0 Å². The fourth-order valence-corrected chi connectivity index (χ4v) is 5.57. The van der Waals surface area contributed by atoms with Gasteiger partial charge in [0.1, 0.15) is 10.7 Å². The van der Waals surface area contributed by atoms with Gasteiger partial charge < -0.3 is 9.88 Å². The van der Waals surface area contributed by atoms with Gasteiger partial charge in [-0.15, -0.1) is 0 Å². The van der Waals surface area contributed by atoms with Gasteiger partial charge in [-0.2, -0.15) is 0 Å². The van der Waals surface area contributed by atoms with Gasteiger partial charge in [0.25, 0.3) is 5.91 Å². The normalized spacial score (nSPS) is 14.2. The van der Waals surface area contributed by atoms with Crippen LogP contribution < -0.4 is 10.0 Å². The second-order valence-corrected chi connectivity index (χ2v) is 10.1. The molecule has 0 unspecified atom stereocenters. The first kappa shape index (κ1) is 22.1. The van der Waals surface area contributed by atoms with Crippen molar-refractivity contribution < 1.29 is 13.2 Å². The maximum Gasteiger partial charge on any atom is 0.252 e. The van der Waals surface area contributed by atoms with Crippen LogP contribution in [-0.4, -0.2) is 36.5 Å². The summed E-state index contributed by atoms with van der Waals surface area (Å²) in [5.74, 6) is 0.461. The van der Waals surface area contributed by atoms with Crippen molar-refractivity contribution in [2.24, 2.45) is 0 Å². The molecule has 0 atom stereocenters. The van der Waals surface area contributed by atoms with E-state index in [1.54, 1.807) is 0 Å². The quantitative estimate of drug-likeness (QED) is 0.477. The summed E-state index contributed by atoms with van der Waals surface area (Å²) in [5, 5.41) is 2.89. The van der Waals surface area contributed by atoms with E-state index in [0.717, 1.165) is 29.7 Å². The summed E-state index contributed by atoms with van der Waals surface area (Å²) in [6.45, 7) is 3.03. The van der Waals surface area contributed by atoms with Crippen LogP contribution in [0.4, 0.5) is 0 Å². The van der Waals surface area contributed by atoms with E-state index >= 15 is 0 Å². The lowest BCUT2D eigenvalue weighted by molar-refractivity contribution is 0.0952. The Morgan fingerprint density at radius 2 is 1.94 bits per heavy atom. The summed E-state index contributed by atoms with van der Waals surface area (Å²) >= 11 is 12.3. The van der Waals surface area contributed by atoms with E-state index in [4.69, 9.17) is 23.2 Å². The summed E-state index contributed by atoms with van der Waals surface area (Å²) in [4.78, 5) is 17.1. The number of halogens is 2. The standard InChI is InChI=1S/C21H22Cl2N4O3S/c1-13-25-18-5-2-3-6-19(18)27(13)10-4-9-24-21(28)15-11-20(17(23)12-16(15)22)31(29,30)26-14-7-8-14/h2-3,5-6,11-12,14,26H,4,7-10H2,1H3,(H,24,28). The van der Waals surface area contributed by atoms with Crippen molar-refractivity contribution in [2.75, 3.05) is 6.54 Å². The highest BCUT2D eigenvalue weighted by Gasteiger charge is 2.30. The van der Waals surface area contributed by atoms with Gasteiger partial charge in [-0.1, -0.05) is 35.3 Å². The van der Waals surface area contributed by atoms with Crippen molar-refractivity contribution in [3.05, 3.63) is 57.8 Å². The molecule has 1 fully saturated rings. The van der Waals surface area contributed by atoms with Gasteiger partial charge >= 0.3 is 0 Å². The number of fused-ring (bicyclic) bond motifs is 1. The molecule has 0 aliphatic heterocycles. The number of hydrogen-bond acceptors (Lipinski definition) is 4. The van der Waals surface area contributed by atoms with E-state index in [9.17, 15) is 13.2 Å². The average molecular weight is 481 g/mol. The first-order valence-corrected chi connectivity index (χ1v) is 12.2. The monoisotopic (exact) mass is 480 g/mol. The summed E-state index contributed by atoms with van der Waals surface area (Å²) in [5.41, 5.74) is 2.06. The highest BCUT2D eigenvalue weighted by molar-refractivity contribution is 7.89. The average Bonchev–Trinajstić information content (AvgIpc) is 3.45. The largest absolute Gasteiger partial charge is 0.352 e. The smallest absolute Gasteiger partial charge is 0.252 e. The van der Waals surface area contributed by atoms with Gasteiger partial charge in [-0.05, 0) is 50.5 Å². The topological polar surface area (TPSA) is 93.1 Å². The molecular weight excluding hydrogens is 459 g/mol.